The zero-order valence-corrected chi connectivity index (χ0v) is 14.6. The van der Waals surface area contributed by atoms with Crippen molar-refractivity contribution in [1.82, 2.24) is 10.3 Å². The van der Waals surface area contributed by atoms with Crippen LogP contribution in [0.1, 0.15) is 50.7 Å². The summed E-state index contributed by atoms with van der Waals surface area (Å²) in [5.41, 5.74) is 1.64. The van der Waals surface area contributed by atoms with Crippen LogP contribution in [0.3, 0.4) is 0 Å². The fourth-order valence-electron chi connectivity index (χ4n) is 3.48. The summed E-state index contributed by atoms with van der Waals surface area (Å²) in [4.78, 5) is 4.71. The quantitative estimate of drug-likeness (QED) is 0.903. The molecular weight excluding hydrogens is 280 g/mol. The third-order valence-corrected chi connectivity index (χ3v) is 5.54. The van der Waals surface area contributed by atoms with Gasteiger partial charge in [-0.05, 0) is 59.3 Å². The van der Waals surface area contributed by atoms with E-state index in [9.17, 15) is 0 Å². The molecule has 2 fully saturated rings. The smallest absolute Gasteiger partial charge is 0.0897 e. The molecule has 1 aliphatic carbocycles. The van der Waals surface area contributed by atoms with Crippen LogP contribution in [0.15, 0.2) is 5.38 Å². The van der Waals surface area contributed by atoms with Gasteiger partial charge in [0.05, 0.1) is 16.8 Å². The first kappa shape index (κ1) is 15.4. The summed E-state index contributed by atoms with van der Waals surface area (Å²) in [6.45, 7) is 10.8. The van der Waals surface area contributed by atoms with Gasteiger partial charge in [-0.25, -0.2) is 4.98 Å². The van der Waals surface area contributed by atoms with Gasteiger partial charge in [0.15, 0.2) is 0 Å². The van der Waals surface area contributed by atoms with Crippen molar-refractivity contribution >= 4 is 11.3 Å². The SMILES string of the molecule is Cc1nc(CC2(CNC(C)(C)C)CCOC2C2CC2)cs1. The Hall–Kier alpha value is -0.450. The molecule has 3 rings (SSSR count). The van der Waals surface area contributed by atoms with Crippen LogP contribution in [0, 0.1) is 18.3 Å². The van der Waals surface area contributed by atoms with Gasteiger partial charge >= 0.3 is 0 Å². The molecule has 118 valence electrons. The van der Waals surface area contributed by atoms with Crippen molar-refractivity contribution in [3.05, 3.63) is 16.1 Å². The Morgan fingerprint density at radius 2 is 2.19 bits per heavy atom. The number of aromatic nitrogens is 1. The van der Waals surface area contributed by atoms with Crippen molar-refractivity contribution in [2.75, 3.05) is 13.2 Å². The van der Waals surface area contributed by atoms with E-state index in [0.717, 1.165) is 31.9 Å². The molecule has 2 aliphatic rings. The molecule has 0 radical (unpaired) electrons. The molecule has 1 aromatic heterocycles. The first-order valence-electron chi connectivity index (χ1n) is 8.16. The van der Waals surface area contributed by atoms with Gasteiger partial charge < -0.3 is 10.1 Å². The van der Waals surface area contributed by atoms with Crippen molar-refractivity contribution in [1.29, 1.82) is 0 Å². The first-order chi connectivity index (χ1) is 9.88. The zero-order valence-electron chi connectivity index (χ0n) is 13.7. The number of nitrogens with zero attached hydrogens (tertiary/aromatic N) is 1. The van der Waals surface area contributed by atoms with Crippen LogP contribution in [-0.4, -0.2) is 29.8 Å². The maximum Gasteiger partial charge on any atom is 0.0897 e. The Kier molecular flexibility index (Phi) is 4.15. The third-order valence-electron chi connectivity index (χ3n) is 4.72. The number of aryl methyl sites for hydroxylation is 1. The normalized spacial score (nSPS) is 30.0. The number of rotatable bonds is 5. The molecule has 0 amide bonds. The average Bonchev–Trinajstić information content (AvgIpc) is 3.03. The molecule has 1 saturated carbocycles. The van der Waals surface area contributed by atoms with Gasteiger partial charge in [0.2, 0.25) is 0 Å². The molecule has 2 heterocycles. The molecule has 4 heteroatoms. The summed E-state index contributed by atoms with van der Waals surface area (Å²) in [5.74, 6) is 0.786. The zero-order chi connectivity index (χ0) is 15.1. The summed E-state index contributed by atoms with van der Waals surface area (Å²) in [6, 6.07) is 0. The average molecular weight is 308 g/mol. The molecular formula is C17H28N2OS. The highest BCUT2D eigenvalue weighted by molar-refractivity contribution is 7.09. The largest absolute Gasteiger partial charge is 0.377 e. The lowest BCUT2D eigenvalue weighted by Crippen LogP contribution is -2.49. The Morgan fingerprint density at radius 3 is 2.76 bits per heavy atom. The number of hydrogen-bond donors (Lipinski definition) is 1. The van der Waals surface area contributed by atoms with Gasteiger partial charge in [0.25, 0.3) is 0 Å². The van der Waals surface area contributed by atoms with Crippen LogP contribution in [-0.2, 0) is 11.2 Å². The van der Waals surface area contributed by atoms with Crippen molar-refractivity contribution in [2.24, 2.45) is 11.3 Å². The van der Waals surface area contributed by atoms with E-state index in [4.69, 9.17) is 9.72 Å². The lowest BCUT2D eigenvalue weighted by molar-refractivity contribution is 0.0276. The number of thiazole rings is 1. The second-order valence-corrected chi connectivity index (χ2v) is 8.94. The summed E-state index contributed by atoms with van der Waals surface area (Å²) in [7, 11) is 0. The predicted octanol–water partition coefficient (Wildman–Crippen LogP) is 3.57. The van der Waals surface area contributed by atoms with E-state index >= 15 is 0 Å². The van der Waals surface area contributed by atoms with Gasteiger partial charge in [-0.2, -0.15) is 0 Å². The van der Waals surface area contributed by atoms with Crippen LogP contribution in [0.5, 0.6) is 0 Å². The number of nitrogens with one attached hydrogen (secondary N) is 1. The summed E-state index contributed by atoms with van der Waals surface area (Å²) < 4.78 is 6.17. The topological polar surface area (TPSA) is 34.2 Å². The van der Waals surface area contributed by atoms with Crippen LogP contribution >= 0.6 is 11.3 Å². The molecule has 1 aliphatic heterocycles. The molecule has 0 aromatic carbocycles. The monoisotopic (exact) mass is 308 g/mol. The Bertz CT molecular complexity index is 489. The minimum atomic E-state index is 0.154. The second-order valence-electron chi connectivity index (χ2n) is 7.88. The minimum Gasteiger partial charge on any atom is -0.377 e. The fraction of sp³-hybridized carbons (Fsp3) is 0.824. The molecule has 1 saturated heterocycles. The minimum absolute atomic E-state index is 0.154. The van der Waals surface area contributed by atoms with Crippen LogP contribution in [0.4, 0.5) is 0 Å². The maximum absolute atomic E-state index is 6.17. The van der Waals surface area contributed by atoms with E-state index in [-0.39, 0.29) is 11.0 Å². The van der Waals surface area contributed by atoms with Crippen molar-refractivity contribution in [3.8, 4) is 0 Å². The van der Waals surface area contributed by atoms with E-state index in [1.807, 2.05) is 0 Å². The molecule has 2 atom stereocenters. The third kappa shape index (κ3) is 3.66. The summed E-state index contributed by atoms with van der Waals surface area (Å²) in [5, 5.41) is 7.14. The lowest BCUT2D eigenvalue weighted by atomic mass is 9.74. The van der Waals surface area contributed by atoms with Crippen molar-refractivity contribution in [2.45, 2.75) is 65.0 Å². The second kappa shape index (κ2) is 5.64. The highest BCUT2D eigenvalue weighted by Crippen LogP contribution is 2.49. The highest BCUT2D eigenvalue weighted by atomic mass is 32.1. The van der Waals surface area contributed by atoms with Gasteiger partial charge in [-0.15, -0.1) is 11.3 Å². The molecule has 0 bridgehead atoms. The molecule has 21 heavy (non-hydrogen) atoms. The molecule has 1 aromatic rings. The fourth-order valence-corrected chi connectivity index (χ4v) is 4.09. The van der Waals surface area contributed by atoms with Crippen molar-refractivity contribution < 1.29 is 4.74 Å². The standard InChI is InChI=1S/C17H28N2OS/c1-12-19-14(10-21-12)9-17(11-18-16(2,3)4)7-8-20-15(17)13-5-6-13/h10,13,15,18H,5-9,11H2,1-4H3. The highest BCUT2D eigenvalue weighted by Gasteiger charge is 2.51. The van der Waals surface area contributed by atoms with Crippen LogP contribution in [0.25, 0.3) is 0 Å². The maximum atomic E-state index is 6.17. The van der Waals surface area contributed by atoms with Gasteiger partial charge in [0, 0.05) is 29.5 Å². The van der Waals surface area contributed by atoms with E-state index < -0.39 is 0 Å². The van der Waals surface area contributed by atoms with E-state index in [0.29, 0.717) is 6.10 Å². The van der Waals surface area contributed by atoms with Gasteiger partial charge in [-0.3, -0.25) is 0 Å². The molecule has 2 unspecified atom stereocenters. The lowest BCUT2D eigenvalue weighted by Gasteiger charge is -2.37. The summed E-state index contributed by atoms with van der Waals surface area (Å²) in [6.07, 6.45) is 5.33. The molecule has 1 N–H and O–H groups in total. The van der Waals surface area contributed by atoms with Crippen molar-refractivity contribution in [3.63, 3.8) is 0 Å². The summed E-state index contributed by atoms with van der Waals surface area (Å²) >= 11 is 1.76. The molecule has 3 nitrogen and oxygen atoms in total. The Balaban J connectivity index is 1.79. The Labute approximate surface area is 132 Å². The van der Waals surface area contributed by atoms with Gasteiger partial charge in [0.1, 0.15) is 0 Å². The van der Waals surface area contributed by atoms with Crippen LogP contribution in [0.2, 0.25) is 0 Å². The van der Waals surface area contributed by atoms with E-state index in [1.165, 1.54) is 23.5 Å². The van der Waals surface area contributed by atoms with E-state index in [2.05, 4.69) is 38.4 Å². The number of hydrogen-bond acceptors (Lipinski definition) is 4. The van der Waals surface area contributed by atoms with Gasteiger partial charge in [-0.1, -0.05) is 0 Å². The van der Waals surface area contributed by atoms with Crippen LogP contribution < -0.4 is 5.32 Å². The molecule has 0 spiro atoms. The number of ether oxygens (including phenoxy) is 1. The first-order valence-corrected chi connectivity index (χ1v) is 9.04. The van der Waals surface area contributed by atoms with E-state index in [1.54, 1.807) is 11.3 Å². The predicted molar refractivity (Wildman–Crippen MR) is 87.8 cm³/mol. The Morgan fingerprint density at radius 1 is 1.43 bits per heavy atom.